The van der Waals surface area contributed by atoms with Crippen LogP contribution in [0.2, 0.25) is 0 Å². The third kappa shape index (κ3) is 6.59. The molecule has 0 amide bonds. The molecule has 308 valence electrons. The van der Waals surface area contributed by atoms with E-state index >= 15 is 35.1 Å². The molecule has 0 fully saturated rings. The van der Waals surface area contributed by atoms with Crippen molar-refractivity contribution < 1.29 is 43.9 Å². The molecule has 0 aliphatic carbocycles. The largest absolute Gasteiger partial charge is 0.248 e. The second-order valence-corrected chi connectivity index (χ2v) is 16.9. The number of allylic oxidation sites excluding steroid dienone is 12. The minimum absolute atomic E-state index is 0.00611. The van der Waals surface area contributed by atoms with Crippen molar-refractivity contribution >= 4 is 109 Å². The van der Waals surface area contributed by atoms with Crippen LogP contribution in [0.5, 0.6) is 0 Å². The number of aliphatic imine (C=N–C) groups is 4. The molecule has 5 aliphatic rings. The van der Waals surface area contributed by atoms with Crippen molar-refractivity contribution in [3.8, 4) is 0 Å². The molecule has 0 unspecified atom stereocenters. The van der Waals surface area contributed by atoms with Crippen molar-refractivity contribution in [1.29, 1.82) is 0 Å². The van der Waals surface area contributed by atoms with E-state index in [0.29, 0.717) is 29.0 Å². The van der Waals surface area contributed by atoms with E-state index in [2.05, 4.69) is 83.7 Å². The summed E-state index contributed by atoms with van der Waals surface area (Å²) >= 11 is 14.0. The molecule has 0 N–H and O–H groups in total. The Bertz CT molecular complexity index is 2910. The van der Waals surface area contributed by atoms with Gasteiger partial charge in [0.05, 0.1) is 56.8 Å². The topological polar surface area (TPSA) is 49.4 Å². The van der Waals surface area contributed by atoms with E-state index in [1.165, 1.54) is 48.6 Å². The van der Waals surface area contributed by atoms with E-state index in [1.54, 1.807) is 36.4 Å². The molecule has 62 heavy (non-hydrogen) atoms. The van der Waals surface area contributed by atoms with Gasteiger partial charge in [0.15, 0.2) is 46.5 Å². The molecule has 0 atom stereocenters. The van der Waals surface area contributed by atoms with Crippen molar-refractivity contribution in [2.24, 2.45) is 20.0 Å². The van der Waals surface area contributed by atoms with E-state index in [9.17, 15) is 8.78 Å². The number of hydrogen-bond donors (Lipinski definition) is 0. The molecule has 5 aliphatic heterocycles. The molecule has 8 bridgehead atoms. The Labute approximate surface area is 376 Å². The highest BCUT2D eigenvalue weighted by Gasteiger charge is 2.36. The fourth-order valence-corrected chi connectivity index (χ4v) is 10.0. The van der Waals surface area contributed by atoms with Crippen molar-refractivity contribution in [2.75, 3.05) is 0 Å². The summed E-state index contributed by atoms with van der Waals surface area (Å²) in [4.78, 5) is 18.6. The Morgan fingerprint density at radius 1 is 0.274 bits per heavy atom. The quantitative estimate of drug-likeness (QED) is 0.111. The molecule has 4 aromatic rings. The molecule has 0 spiro atoms. The molecule has 4 aromatic carbocycles. The van der Waals surface area contributed by atoms with Crippen molar-refractivity contribution in [1.82, 2.24) is 0 Å². The van der Waals surface area contributed by atoms with Gasteiger partial charge in [-0.05, 0) is 72.9 Å². The van der Waals surface area contributed by atoms with Crippen LogP contribution in [0.4, 0.5) is 43.9 Å². The van der Waals surface area contributed by atoms with Gasteiger partial charge < -0.3 is 0 Å². The smallest absolute Gasteiger partial charge is 0.200 e. The zero-order chi connectivity index (χ0) is 44.0. The lowest BCUT2D eigenvalue weighted by molar-refractivity contribution is 0.376. The molecule has 0 saturated heterocycles. The number of nitrogens with zero attached hydrogens (tertiary/aromatic N) is 4. The molecule has 0 aromatic heterocycles. The van der Waals surface area contributed by atoms with E-state index < -0.39 is 80.4 Å². The standard InChI is InChI=1S/C44H14Br4F10N4/c45-15-3-1-4-16(46)27(15)29-19-7-11-23(59-19)31(33-35(49)39(53)43(57)40(54)36(33)50)25-13-9-21(61-25)30(28-17(47)5-2-6-18(28)48)22-10-14-26(62-22)32(24-12-8-20(29)60-24)34-37(51)41(55)44(58)42(56)38(34)52/h1-14H. The zero-order valence-corrected chi connectivity index (χ0v) is 36.5. The first-order chi connectivity index (χ1) is 29.6. The van der Waals surface area contributed by atoms with Crippen LogP contribution in [0.3, 0.4) is 0 Å². The Morgan fingerprint density at radius 2 is 0.484 bits per heavy atom. The Kier molecular flexibility index (Phi) is 10.7. The number of hydrogen-bond acceptors (Lipinski definition) is 4. The van der Waals surface area contributed by atoms with Crippen LogP contribution in [0, 0.1) is 58.2 Å². The molecule has 18 heteroatoms. The van der Waals surface area contributed by atoms with E-state index in [4.69, 9.17) is 0 Å². The van der Waals surface area contributed by atoms with E-state index in [0.717, 1.165) is 0 Å². The SMILES string of the molecule is Fc1c(F)c(F)c(C2=C3C=CC(=N3)C(c3c(Br)cccc3Br)=C3C=CC(=N3)C(c3c(F)c(F)c(F)c(F)c3F)=C3C=CC(=N3)C(c3c(Br)cccc3Br)=C3C=CC2=N3)c(F)c1F. The van der Waals surface area contributed by atoms with Gasteiger partial charge in [0.25, 0.3) is 0 Å². The van der Waals surface area contributed by atoms with Gasteiger partial charge in [-0.25, -0.2) is 63.9 Å². The van der Waals surface area contributed by atoms with Crippen LogP contribution in [0.15, 0.2) is 146 Å². The van der Waals surface area contributed by atoms with Crippen LogP contribution < -0.4 is 0 Å². The number of halogens is 14. The molecule has 5 heterocycles. The van der Waals surface area contributed by atoms with Gasteiger partial charge >= 0.3 is 0 Å². The average Bonchev–Trinajstić information content (AvgIpc) is 4.10. The lowest BCUT2D eigenvalue weighted by atomic mass is 9.97. The lowest BCUT2D eigenvalue weighted by Gasteiger charge is -2.16. The number of benzene rings is 4. The highest BCUT2D eigenvalue weighted by atomic mass is 79.9. The lowest BCUT2D eigenvalue weighted by Crippen LogP contribution is -2.12. The Balaban J connectivity index is 1.46. The summed E-state index contributed by atoms with van der Waals surface area (Å²) in [5, 5.41) is 0. The maximum absolute atomic E-state index is 15.9. The summed E-state index contributed by atoms with van der Waals surface area (Å²) in [7, 11) is 0. The second kappa shape index (κ2) is 15.8. The first kappa shape index (κ1) is 42.0. The predicted octanol–water partition coefficient (Wildman–Crippen LogP) is 14.1. The minimum atomic E-state index is -2.38. The summed E-state index contributed by atoms with van der Waals surface area (Å²) < 4.78 is 154. The van der Waals surface area contributed by atoms with Crippen molar-refractivity contribution in [3.05, 3.63) is 206 Å². The zero-order valence-electron chi connectivity index (χ0n) is 30.2. The van der Waals surface area contributed by atoms with Crippen LogP contribution in [-0.4, -0.2) is 22.8 Å². The van der Waals surface area contributed by atoms with Gasteiger partial charge in [-0.2, -0.15) is 0 Å². The first-order valence-electron chi connectivity index (χ1n) is 17.6. The second-order valence-electron chi connectivity index (χ2n) is 13.4. The average molecular weight is 1110 g/mol. The predicted molar refractivity (Wildman–Crippen MR) is 230 cm³/mol. The molecule has 0 radical (unpaired) electrons. The summed E-state index contributed by atoms with van der Waals surface area (Å²) in [6, 6.07) is 9.89. The monoisotopic (exact) mass is 1100 g/mol. The normalized spacial score (nSPS) is 16.7. The van der Waals surface area contributed by atoms with Gasteiger partial charge in [-0.3, -0.25) is 0 Å². The van der Waals surface area contributed by atoms with Gasteiger partial charge in [0.2, 0.25) is 11.6 Å². The van der Waals surface area contributed by atoms with Crippen molar-refractivity contribution in [3.63, 3.8) is 0 Å². The van der Waals surface area contributed by atoms with Gasteiger partial charge in [-0.15, -0.1) is 0 Å². The van der Waals surface area contributed by atoms with Gasteiger partial charge in [-0.1, -0.05) is 75.9 Å². The van der Waals surface area contributed by atoms with Crippen LogP contribution in [-0.2, 0) is 0 Å². The van der Waals surface area contributed by atoms with E-state index in [-0.39, 0.29) is 56.8 Å². The third-order valence-electron chi connectivity index (χ3n) is 9.95. The first-order valence-corrected chi connectivity index (χ1v) is 20.7. The molecule has 9 rings (SSSR count). The highest BCUT2D eigenvalue weighted by molar-refractivity contribution is 9.11. The maximum atomic E-state index is 15.9. The van der Waals surface area contributed by atoms with E-state index in [1.807, 2.05) is 0 Å². The van der Waals surface area contributed by atoms with Gasteiger partial charge in [0, 0.05) is 51.3 Å². The minimum Gasteiger partial charge on any atom is -0.248 e. The number of fused-ring (bicyclic) bond motifs is 4. The fourth-order valence-electron chi connectivity index (χ4n) is 7.23. The Hall–Kier alpha value is -5.30. The molecular formula is C44H14Br4F10N4. The number of rotatable bonds is 4. The summed E-state index contributed by atoms with van der Waals surface area (Å²) in [5.41, 5.74) is -4.13. The highest BCUT2D eigenvalue weighted by Crippen LogP contribution is 2.45. The summed E-state index contributed by atoms with van der Waals surface area (Å²) in [5.74, 6) is -22.2. The third-order valence-corrected chi connectivity index (χ3v) is 12.6. The fraction of sp³-hybridized carbons (Fsp3) is 0. The maximum Gasteiger partial charge on any atom is 0.200 e. The summed E-state index contributed by atoms with van der Waals surface area (Å²) in [6.45, 7) is 0. The molecule has 0 saturated carbocycles. The Morgan fingerprint density at radius 3 is 0.726 bits per heavy atom. The molecular weight excluding hydrogens is 1090 g/mol. The van der Waals surface area contributed by atoms with Crippen LogP contribution >= 0.6 is 63.7 Å². The van der Waals surface area contributed by atoms with Crippen molar-refractivity contribution in [2.45, 2.75) is 0 Å². The molecule has 4 nitrogen and oxygen atoms in total. The van der Waals surface area contributed by atoms with Crippen LogP contribution in [0.1, 0.15) is 22.3 Å². The van der Waals surface area contributed by atoms with Crippen LogP contribution in [0.25, 0.3) is 22.3 Å². The summed E-state index contributed by atoms with van der Waals surface area (Å²) in [6.07, 6.45) is 10.5. The van der Waals surface area contributed by atoms with Gasteiger partial charge in [0.1, 0.15) is 0 Å².